The zero-order valence-electron chi connectivity index (χ0n) is 18.9. The maximum atomic E-state index is 11.7. The number of carbonyl (C=O) groups is 1. The lowest BCUT2D eigenvalue weighted by molar-refractivity contribution is -0.130. The number of ether oxygens (including phenoxy) is 1. The van der Waals surface area contributed by atoms with E-state index in [1.165, 1.54) is 19.3 Å². The number of morpholine rings is 1. The quantitative estimate of drug-likeness (QED) is 0.564. The smallest absolute Gasteiger partial charge is 0.219 e. The summed E-state index contributed by atoms with van der Waals surface area (Å²) in [5.74, 6) is 0.773. The van der Waals surface area contributed by atoms with Gasteiger partial charge in [-0.1, -0.05) is 0 Å². The molecule has 5 saturated heterocycles. The molecule has 0 saturated carbocycles. The van der Waals surface area contributed by atoms with E-state index in [9.17, 15) is 4.79 Å². The first-order valence-corrected chi connectivity index (χ1v) is 12.4. The normalized spacial score (nSPS) is 39.3. The van der Waals surface area contributed by atoms with Crippen molar-refractivity contribution >= 4 is 5.91 Å². The van der Waals surface area contributed by atoms with Gasteiger partial charge in [0, 0.05) is 39.1 Å². The first kappa shape index (κ1) is 22.0. The summed E-state index contributed by atoms with van der Waals surface area (Å²) < 4.78 is 5.53. The fourth-order valence-electron chi connectivity index (χ4n) is 6.31. The van der Waals surface area contributed by atoms with Crippen molar-refractivity contribution in [1.82, 2.24) is 30.8 Å². The molecule has 5 fully saturated rings. The van der Waals surface area contributed by atoms with Gasteiger partial charge in [-0.3, -0.25) is 24.7 Å². The van der Waals surface area contributed by atoms with Crippen molar-refractivity contribution in [3.8, 4) is 0 Å². The van der Waals surface area contributed by atoms with E-state index >= 15 is 0 Å². The number of carbonyl (C=O) groups excluding carboxylic acids is 1. The molecular formula is C22H40N6O3. The van der Waals surface area contributed by atoms with E-state index in [1.54, 1.807) is 6.92 Å². The van der Waals surface area contributed by atoms with Gasteiger partial charge in [-0.15, -0.1) is 0 Å². The molecule has 0 radical (unpaired) electrons. The van der Waals surface area contributed by atoms with Gasteiger partial charge in [-0.2, -0.15) is 5.48 Å². The monoisotopic (exact) mass is 436 g/mol. The minimum absolute atomic E-state index is 0.0510. The zero-order valence-corrected chi connectivity index (χ0v) is 18.9. The van der Waals surface area contributed by atoms with Gasteiger partial charge >= 0.3 is 0 Å². The second kappa shape index (κ2) is 9.99. The predicted molar refractivity (Wildman–Crippen MR) is 117 cm³/mol. The highest BCUT2D eigenvalue weighted by Crippen LogP contribution is 2.31. The van der Waals surface area contributed by atoms with Gasteiger partial charge in [-0.05, 0) is 57.5 Å². The lowest BCUT2D eigenvalue weighted by Crippen LogP contribution is -2.57. The molecular weight excluding hydrogens is 396 g/mol. The van der Waals surface area contributed by atoms with Crippen molar-refractivity contribution < 1.29 is 14.4 Å². The molecule has 31 heavy (non-hydrogen) atoms. The average Bonchev–Trinajstić information content (AvgIpc) is 3.50. The second-order valence-corrected chi connectivity index (χ2v) is 9.89. The van der Waals surface area contributed by atoms with Crippen molar-refractivity contribution in [3.05, 3.63) is 0 Å². The van der Waals surface area contributed by atoms with Gasteiger partial charge in [0.15, 0.2) is 0 Å². The van der Waals surface area contributed by atoms with Crippen molar-refractivity contribution in [2.24, 2.45) is 5.92 Å². The fourth-order valence-corrected chi connectivity index (χ4v) is 6.31. The van der Waals surface area contributed by atoms with E-state index in [4.69, 9.17) is 9.57 Å². The van der Waals surface area contributed by atoms with E-state index in [1.807, 2.05) is 4.90 Å². The molecule has 0 aromatic rings. The maximum Gasteiger partial charge on any atom is 0.219 e. The van der Waals surface area contributed by atoms with Gasteiger partial charge in [0.2, 0.25) is 5.91 Å². The Morgan fingerprint density at radius 2 is 1.81 bits per heavy atom. The third-order valence-corrected chi connectivity index (χ3v) is 8.12. The first-order valence-electron chi connectivity index (χ1n) is 12.4. The van der Waals surface area contributed by atoms with E-state index in [0.29, 0.717) is 24.2 Å². The summed E-state index contributed by atoms with van der Waals surface area (Å²) in [6.07, 6.45) is 7.59. The van der Waals surface area contributed by atoms with Gasteiger partial charge in [0.25, 0.3) is 0 Å². The lowest BCUT2D eigenvalue weighted by atomic mass is 9.92. The highest BCUT2D eigenvalue weighted by atomic mass is 16.7. The van der Waals surface area contributed by atoms with Crippen molar-refractivity contribution in [3.63, 3.8) is 0 Å². The molecule has 0 bridgehead atoms. The van der Waals surface area contributed by atoms with Crippen molar-refractivity contribution in [2.45, 2.75) is 76.1 Å². The number of rotatable bonds is 4. The molecule has 0 spiro atoms. The predicted octanol–water partition coefficient (Wildman–Crippen LogP) is -0.104. The molecule has 5 aliphatic rings. The van der Waals surface area contributed by atoms with Gasteiger partial charge in [0.1, 0.15) is 6.23 Å². The number of amides is 1. The van der Waals surface area contributed by atoms with Crippen LogP contribution in [0.2, 0.25) is 0 Å². The molecule has 3 N–H and O–H groups in total. The number of hydrogen-bond acceptors (Lipinski definition) is 8. The van der Waals surface area contributed by atoms with Crippen LogP contribution >= 0.6 is 0 Å². The van der Waals surface area contributed by atoms with Crippen LogP contribution < -0.4 is 16.1 Å². The van der Waals surface area contributed by atoms with Crippen LogP contribution in [0, 0.1) is 5.92 Å². The number of nitrogens with zero attached hydrogens (tertiary/aromatic N) is 3. The molecule has 5 atom stereocenters. The molecule has 5 rings (SSSR count). The molecule has 9 heteroatoms. The highest BCUT2D eigenvalue weighted by molar-refractivity contribution is 5.73. The van der Waals surface area contributed by atoms with E-state index in [2.05, 4.69) is 25.9 Å². The summed E-state index contributed by atoms with van der Waals surface area (Å²) in [6.45, 7) is 9.40. The Hall–Kier alpha value is -0.810. The largest absolute Gasteiger partial charge is 0.379 e. The Morgan fingerprint density at radius 3 is 2.58 bits per heavy atom. The van der Waals surface area contributed by atoms with Crippen LogP contribution in [0.1, 0.15) is 45.4 Å². The topological polar surface area (TPSA) is 81.3 Å². The number of nitrogens with one attached hydrogen (secondary N) is 3. The Bertz CT molecular complexity index is 610. The summed E-state index contributed by atoms with van der Waals surface area (Å²) in [5.41, 5.74) is 3.36. The molecule has 0 aliphatic carbocycles. The van der Waals surface area contributed by atoms with Crippen LogP contribution in [0.3, 0.4) is 0 Å². The standard InChI is InChI=1S/C22H40N6O3/c1-16(29)26-9-5-18(6-10-26)28-8-2-3-19(28)22-24-21(25-31-22)17-4-7-23-20(15-17)27-11-13-30-14-12-27/h17-25H,2-15H2,1H3/t17?,19-,20?,21?,22?/m0/s1. The molecule has 9 nitrogen and oxygen atoms in total. The van der Waals surface area contributed by atoms with Gasteiger partial charge < -0.3 is 15.0 Å². The number of piperidine rings is 2. The summed E-state index contributed by atoms with van der Waals surface area (Å²) >= 11 is 0. The van der Waals surface area contributed by atoms with Gasteiger partial charge in [-0.25, -0.2) is 0 Å². The van der Waals surface area contributed by atoms with Crippen LogP contribution in [0.15, 0.2) is 0 Å². The molecule has 5 aliphatic heterocycles. The van der Waals surface area contributed by atoms with Crippen LogP contribution in [-0.4, -0.2) is 104 Å². The summed E-state index contributed by atoms with van der Waals surface area (Å²) in [7, 11) is 0. The van der Waals surface area contributed by atoms with Crippen LogP contribution in [0.25, 0.3) is 0 Å². The average molecular weight is 437 g/mol. The first-order chi connectivity index (χ1) is 15.2. The third-order valence-electron chi connectivity index (χ3n) is 8.12. The van der Waals surface area contributed by atoms with Crippen LogP contribution in [-0.2, 0) is 14.4 Å². The van der Waals surface area contributed by atoms with Crippen LogP contribution in [0.5, 0.6) is 0 Å². The second-order valence-electron chi connectivity index (χ2n) is 9.89. The summed E-state index contributed by atoms with van der Waals surface area (Å²) in [5, 5.41) is 7.52. The minimum Gasteiger partial charge on any atom is -0.379 e. The molecule has 4 unspecified atom stereocenters. The van der Waals surface area contributed by atoms with E-state index < -0.39 is 0 Å². The number of hydrogen-bond donors (Lipinski definition) is 3. The van der Waals surface area contributed by atoms with Crippen molar-refractivity contribution in [2.75, 3.05) is 52.5 Å². The maximum absolute atomic E-state index is 11.7. The molecule has 176 valence electrons. The van der Waals surface area contributed by atoms with E-state index in [-0.39, 0.29) is 18.3 Å². The Morgan fingerprint density at radius 1 is 1.00 bits per heavy atom. The van der Waals surface area contributed by atoms with Crippen LogP contribution in [0.4, 0.5) is 0 Å². The highest BCUT2D eigenvalue weighted by Gasteiger charge is 2.43. The molecule has 1 amide bonds. The molecule has 0 aromatic carbocycles. The third kappa shape index (κ3) is 4.93. The zero-order chi connectivity index (χ0) is 21.2. The SMILES string of the molecule is CC(=O)N1CCC(N2CCC[C@H]2C2NC(C3CCNC(N4CCOCC4)C3)NO2)CC1. The Labute approximate surface area is 186 Å². The molecule has 0 aromatic heterocycles. The number of likely N-dealkylation sites (tertiary alicyclic amines) is 2. The van der Waals surface area contributed by atoms with Crippen molar-refractivity contribution in [1.29, 1.82) is 0 Å². The van der Waals surface area contributed by atoms with Gasteiger partial charge in [0.05, 0.1) is 31.6 Å². The Kier molecular flexibility index (Phi) is 7.09. The summed E-state index contributed by atoms with van der Waals surface area (Å²) in [4.78, 5) is 25.0. The number of hydroxylamine groups is 1. The summed E-state index contributed by atoms with van der Waals surface area (Å²) in [6, 6.07) is 0.986. The minimum atomic E-state index is 0.0510. The Balaban J connectivity index is 1.14. The van der Waals surface area contributed by atoms with E-state index in [0.717, 1.165) is 71.7 Å². The molecule has 5 heterocycles. The fraction of sp³-hybridized carbons (Fsp3) is 0.955. The lowest BCUT2D eigenvalue weighted by Gasteiger charge is -2.41.